The van der Waals surface area contributed by atoms with E-state index in [1.165, 1.54) is 7.05 Å². The summed E-state index contributed by atoms with van der Waals surface area (Å²) in [7, 11) is 3.08. The summed E-state index contributed by atoms with van der Waals surface area (Å²) in [4.78, 5) is 49.4. The van der Waals surface area contributed by atoms with Crippen LogP contribution in [0.4, 0.5) is 0 Å². The Balaban J connectivity index is 2.88. The van der Waals surface area contributed by atoms with E-state index in [1.807, 2.05) is 26.0 Å². The van der Waals surface area contributed by atoms with E-state index < -0.39 is 29.1 Å². The van der Waals surface area contributed by atoms with Gasteiger partial charge in [-0.15, -0.1) is 0 Å². The zero-order chi connectivity index (χ0) is 25.7. The number of thiol groups is 1. The molecule has 34 heavy (non-hydrogen) atoms. The Morgan fingerprint density at radius 3 is 2.24 bits per heavy atom. The predicted molar refractivity (Wildman–Crippen MR) is 133 cm³/mol. The van der Waals surface area contributed by atoms with Gasteiger partial charge in [-0.05, 0) is 37.0 Å². The molecular weight excluding hydrogens is 458 g/mol. The van der Waals surface area contributed by atoms with E-state index in [1.54, 1.807) is 26.2 Å². The summed E-state index contributed by atoms with van der Waals surface area (Å²) in [5.41, 5.74) is 0.857. The summed E-state index contributed by atoms with van der Waals surface area (Å²) in [6.45, 7) is 5.60. The Labute approximate surface area is 207 Å². The molecule has 0 saturated carbocycles. The van der Waals surface area contributed by atoms with E-state index in [9.17, 15) is 19.2 Å². The number of carbonyl (C=O) groups excluding carboxylic acids is 4. The van der Waals surface area contributed by atoms with Crippen molar-refractivity contribution in [2.75, 3.05) is 27.3 Å². The third-order valence-electron chi connectivity index (χ3n) is 5.13. The van der Waals surface area contributed by atoms with E-state index in [4.69, 9.17) is 9.47 Å². The minimum absolute atomic E-state index is 0.0591. The molecule has 0 heterocycles. The highest BCUT2D eigenvalue weighted by Gasteiger charge is 2.31. The van der Waals surface area contributed by atoms with Crippen molar-refractivity contribution in [1.29, 1.82) is 0 Å². The molecule has 1 rings (SSSR count). The van der Waals surface area contributed by atoms with Crippen molar-refractivity contribution in [3.05, 3.63) is 29.8 Å². The Morgan fingerprint density at radius 2 is 1.71 bits per heavy atom. The number of benzene rings is 1. The molecule has 0 fully saturated rings. The molecule has 0 radical (unpaired) electrons. The van der Waals surface area contributed by atoms with Crippen molar-refractivity contribution in [3.63, 3.8) is 0 Å². The quantitative estimate of drug-likeness (QED) is 0.229. The van der Waals surface area contributed by atoms with Crippen LogP contribution >= 0.6 is 12.6 Å². The summed E-state index contributed by atoms with van der Waals surface area (Å²) in [5.74, 6) is -1.37. The lowest BCUT2D eigenvalue weighted by atomic mass is 9.90. The molecule has 0 bridgehead atoms. The molecule has 0 aliphatic heterocycles. The largest absolute Gasteiger partial charge is 0.497 e. The Bertz CT molecular complexity index is 815. The Hall–Kier alpha value is -2.75. The molecule has 0 aliphatic rings. The van der Waals surface area contributed by atoms with E-state index in [0.29, 0.717) is 18.6 Å². The molecule has 0 aliphatic carbocycles. The number of carbonyl (C=O) groups is 4. The van der Waals surface area contributed by atoms with Gasteiger partial charge in [0.15, 0.2) is 0 Å². The number of amides is 3. The Kier molecular flexibility index (Phi) is 13.1. The second-order valence-electron chi connectivity index (χ2n) is 8.32. The number of hydrogen-bond acceptors (Lipinski definition) is 7. The monoisotopic (exact) mass is 495 g/mol. The van der Waals surface area contributed by atoms with Gasteiger partial charge < -0.3 is 25.4 Å². The number of likely N-dealkylation sites (N-methyl/N-ethyl adjacent to an activating group) is 1. The van der Waals surface area contributed by atoms with Crippen LogP contribution in [0, 0.1) is 11.8 Å². The van der Waals surface area contributed by atoms with Gasteiger partial charge in [-0.2, -0.15) is 12.6 Å². The van der Waals surface area contributed by atoms with E-state index >= 15 is 0 Å². The van der Waals surface area contributed by atoms with Gasteiger partial charge in [-0.1, -0.05) is 26.0 Å². The van der Waals surface area contributed by atoms with Crippen molar-refractivity contribution in [2.24, 2.45) is 11.8 Å². The smallest absolute Gasteiger partial charge is 0.325 e. The number of ether oxygens (including phenoxy) is 2. The highest BCUT2D eigenvalue weighted by atomic mass is 32.1. The Morgan fingerprint density at radius 1 is 1.06 bits per heavy atom. The number of hydrogen-bond donors (Lipinski definition) is 4. The molecule has 10 heteroatoms. The van der Waals surface area contributed by atoms with Crippen LogP contribution in [0.1, 0.15) is 39.2 Å². The average Bonchev–Trinajstić information content (AvgIpc) is 2.80. The van der Waals surface area contributed by atoms with Crippen LogP contribution in [0.5, 0.6) is 5.75 Å². The molecule has 0 aromatic heterocycles. The fourth-order valence-electron chi connectivity index (χ4n) is 3.39. The number of rotatable bonds is 14. The minimum Gasteiger partial charge on any atom is -0.497 e. The molecule has 3 N–H and O–H groups in total. The zero-order valence-corrected chi connectivity index (χ0v) is 21.4. The standard InChI is InChI=1S/C24H37N3O6S/c1-6-33-22(29)14-26-21(28)13-20(34)18(11-15(2)3)23(30)27-19(24(31)25-4)12-16-7-9-17(32-5)10-8-16/h7-10,15,18-20,34H,6,11-14H2,1-5H3,(H,25,31)(H,26,28)(H,27,30)/t18?,19-,20?/m0/s1. The summed E-state index contributed by atoms with van der Waals surface area (Å²) in [6.07, 6.45) is 0.714. The SMILES string of the molecule is CCOC(=O)CNC(=O)CC(S)C(CC(C)C)C(=O)N[C@@H](Cc1ccc(OC)cc1)C(=O)NC. The summed E-state index contributed by atoms with van der Waals surface area (Å²) in [6, 6.07) is 6.46. The van der Waals surface area contributed by atoms with Crippen LogP contribution in [-0.4, -0.2) is 62.3 Å². The minimum atomic E-state index is -0.793. The summed E-state index contributed by atoms with van der Waals surface area (Å²) in [5, 5.41) is 7.31. The van der Waals surface area contributed by atoms with Crippen molar-refractivity contribution in [2.45, 2.75) is 51.3 Å². The maximum absolute atomic E-state index is 13.2. The van der Waals surface area contributed by atoms with Crippen LogP contribution in [0.3, 0.4) is 0 Å². The van der Waals surface area contributed by atoms with E-state index in [2.05, 4.69) is 28.6 Å². The van der Waals surface area contributed by atoms with Gasteiger partial charge in [0.25, 0.3) is 0 Å². The molecule has 1 aromatic carbocycles. The lowest BCUT2D eigenvalue weighted by molar-refractivity contribution is -0.143. The number of methoxy groups -OCH3 is 1. The van der Waals surface area contributed by atoms with Crippen molar-refractivity contribution in [3.8, 4) is 5.75 Å². The lowest BCUT2D eigenvalue weighted by Gasteiger charge is -2.26. The van der Waals surface area contributed by atoms with E-state index in [0.717, 1.165) is 5.56 Å². The van der Waals surface area contributed by atoms with Gasteiger partial charge in [-0.25, -0.2) is 0 Å². The molecule has 9 nitrogen and oxygen atoms in total. The molecule has 2 unspecified atom stereocenters. The van der Waals surface area contributed by atoms with Gasteiger partial charge >= 0.3 is 5.97 Å². The van der Waals surface area contributed by atoms with Crippen LogP contribution in [0.15, 0.2) is 24.3 Å². The normalized spacial score (nSPS) is 13.4. The summed E-state index contributed by atoms with van der Waals surface area (Å²) < 4.78 is 9.95. The van der Waals surface area contributed by atoms with Gasteiger partial charge in [0, 0.05) is 25.1 Å². The van der Waals surface area contributed by atoms with Crippen LogP contribution in [0.2, 0.25) is 0 Å². The fraction of sp³-hybridized carbons (Fsp3) is 0.583. The number of esters is 1. The maximum Gasteiger partial charge on any atom is 0.325 e. The van der Waals surface area contributed by atoms with Crippen molar-refractivity contribution >= 4 is 36.3 Å². The first-order valence-electron chi connectivity index (χ1n) is 11.4. The molecule has 190 valence electrons. The average molecular weight is 496 g/mol. The van der Waals surface area contributed by atoms with Crippen molar-refractivity contribution in [1.82, 2.24) is 16.0 Å². The first-order valence-corrected chi connectivity index (χ1v) is 11.9. The van der Waals surface area contributed by atoms with E-state index in [-0.39, 0.29) is 37.3 Å². The third-order valence-corrected chi connectivity index (χ3v) is 5.68. The number of nitrogens with one attached hydrogen (secondary N) is 3. The molecule has 1 aromatic rings. The molecule has 3 atom stereocenters. The first kappa shape index (κ1) is 29.3. The van der Waals surface area contributed by atoms with Gasteiger partial charge in [0.05, 0.1) is 19.6 Å². The third kappa shape index (κ3) is 10.5. The second-order valence-corrected chi connectivity index (χ2v) is 8.98. The molecule has 0 saturated heterocycles. The summed E-state index contributed by atoms with van der Waals surface area (Å²) >= 11 is 4.53. The van der Waals surface area contributed by atoms with Crippen molar-refractivity contribution < 1.29 is 28.7 Å². The fourth-order valence-corrected chi connectivity index (χ4v) is 3.82. The van der Waals surface area contributed by atoms with Crippen LogP contribution in [0.25, 0.3) is 0 Å². The highest BCUT2D eigenvalue weighted by Crippen LogP contribution is 2.23. The molecule has 3 amide bonds. The van der Waals surface area contributed by atoms with Gasteiger partial charge in [0.2, 0.25) is 17.7 Å². The first-order chi connectivity index (χ1) is 16.1. The zero-order valence-electron chi connectivity index (χ0n) is 20.6. The lowest BCUT2D eigenvalue weighted by Crippen LogP contribution is -2.50. The van der Waals surface area contributed by atoms with Gasteiger partial charge in [0.1, 0.15) is 18.3 Å². The molecular formula is C24H37N3O6S. The van der Waals surface area contributed by atoms with Gasteiger partial charge in [-0.3, -0.25) is 19.2 Å². The van der Waals surface area contributed by atoms with Crippen LogP contribution < -0.4 is 20.7 Å². The van der Waals surface area contributed by atoms with Crippen LogP contribution in [-0.2, 0) is 30.3 Å². The topological polar surface area (TPSA) is 123 Å². The molecule has 0 spiro atoms. The maximum atomic E-state index is 13.2. The second kappa shape index (κ2) is 15.2. The predicted octanol–water partition coefficient (Wildman–Crippen LogP) is 1.50. The highest BCUT2D eigenvalue weighted by molar-refractivity contribution is 7.81.